The molecule has 4 amide bonds. The number of urea groups is 1. The van der Waals surface area contributed by atoms with Gasteiger partial charge in [-0.05, 0) is 54.9 Å². The first-order valence-corrected chi connectivity index (χ1v) is 12.9. The first kappa shape index (κ1) is 23.7. The Morgan fingerprint density at radius 3 is 2.76 bits per heavy atom. The number of imide groups is 1. The number of anilines is 1. The van der Waals surface area contributed by atoms with Crippen LogP contribution >= 0.6 is 11.3 Å². The van der Waals surface area contributed by atoms with Gasteiger partial charge < -0.3 is 10.6 Å². The Bertz CT molecular complexity index is 1020. The van der Waals surface area contributed by atoms with E-state index < -0.39 is 17.5 Å². The number of hydrogen-bond acceptors (Lipinski definition) is 5. The molecule has 1 saturated heterocycles. The maximum atomic E-state index is 13.1. The molecule has 1 spiro atoms. The largest absolute Gasteiger partial charge is 0.325 e. The molecule has 178 valence electrons. The van der Waals surface area contributed by atoms with Crippen molar-refractivity contribution in [2.75, 3.05) is 11.9 Å². The maximum Gasteiger partial charge on any atom is 0.325 e. The summed E-state index contributed by atoms with van der Waals surface area (Å²) in [5, 5.41) is 16.0. The summed E-state index contributed by atoms with van der Waals surface area (Å²) in [4.78, 5) is 40.8. The monoisotopic (exact) mass is 470 g/mol. The Morgan fingerprint density at radius 1 is 1.33 bits per heavy atom. The van der Waals surface area contributed by atoms with Crippen LogP contribution in [0.5, 0.6) is 0 Å². The van der Waals surface area contributed by atoms with E-state index in [2.05, 4.69) is 37.5 Å². The molecule has 33 heavy (non-hydrogen) atoms. The molecule has 0 bridgehead atoms. The molecule has 2 heterocycles. The molecular weight excluding hydrogens is 436 g/mol. The van der Waals surface area contributed by atoms with Crippen LogP contribution in [0, 0.1) is 28.6 Å². The fourth-order valence-corrected chi connectivity index (χ4v) is 6.99. The van der Waals surface area contributed by atoms with Crippen molar-refractivity contribution in [2.45, 2.75) is 84.6 Å². The Labute approximate surface area is 199 Å². The number of nitrogens with one attached hydrogen (secondary N) is 2. The molecule has 2 aliphatic carbocycles. The number of amides is 4. The van der Waals surface area contributed by atoms with Gasteiger partial charge in [0.1, 0.15) is 23.2 Å². The highest BCUT2D eigenvalue weighted by Crippen LogP contribution is 2.45. The van der Waals surface area contributed by atoms with Crippen LogP contribution in [0.2, 0.25) is 0 Å². The molecule has 1 saturated carbocycles. The van der Waals surface area contributed by atoms with Crippen molar-refractivity contribution in [3.8, 4) is 6.07 Å². The minimum Gasteiger partial charge on any atom is -0.323 e. The number of carbonyl (C=O) groups excluding carboxylic acids is 3. The van der Waals surface area contributed by atoms with Crippen LogP contribution < -0.4 is 10.6 Å². The van der Waals surface area contributed by atoms with E-state index in [9.17, 15) is 19.6 Å². The summed E-state index contributed by atoms with van der Waals surface area (Å²) >= 11 is 1.47. The maximum absolute atomic E-state index is 13.1. The summed E-state index contributed by atoms with van der Waals surface area (Å²) in [6.45, 7) is 8.45. The van der Waals surface area contributed by atoms with Gasteiger partial charge in [0, 0.05) is 4.88 Å². The Kier molecular flexibility index (Phi) is 6.30. The van der Waals surface area contributed by atoms with E-state index in [4.69, 9.17) is 0 Å². The lowest BCUT2D eigenvalue weighted by Gasteiger charge is -2.36. The Morgan fingerprint density at radius 2 is 2.09 bits per heavy atom. The minimum atomic E-state index is -0.878. The standard InChI is InChI=1S/C25H34N4O3S/c1-5-24(3,4)16-9-10-17-18(13-26)21(33-19(17)12-16)27-20(30)14-29-22(31)25(28-23(29)32)11-7-6-8-15(25)2/h15-16H,5-12,14H2,1-4H3,(H,27,30)(H,28,32)/t15-,16-,25+/m1/s1. The van der Waals surface area contributed by atoms with Gasteiger partial charge in [0.15, 0.2) is 0 Å². The first-order chi connectivity index (χ1) is 15.6. The third-order valence-electron chi connectivity index (χ3n) is 8.45. The van der Waals surface area contributed by atoms with E-state index in [1.807, 2.05) is 6.92 Å². The van der Waals surface area contributed by atoms with Crippen molar-refractivity contribution >= 4 is 34.2 Å². The smallest absolute Gasteiger partial charge is 0.323 e. The van der Waals surface area contributed by atoms with E-state index in [1.54, 1.807) is 0 Å². The number of hydrogen-bond donors (Lipinski definition) is 2. The SMILES string of the molecule is CCC(C)(C)[C@@H]1CCc2c(sc(NC(=O)CN3C(=O)N[C@]4(CCCC[C@H]4C)C3=O)c2C#N)C1. The molecule has 3 aliphatic rings. The first-order valence-electron chi connectivity index (χ1n) is 12.1. The molecule has 7 nitrogen and oxygen atoms in total. The molecule has 1 aromatic heterocycles. The van der Waals surface area contributed by atoms with Crippen LogP contribution in [-0.2, 0) is 22.4 Å². The second kappa shape index (κ2) is 8.75. The molecule has 0 unspecified atom stereocenters. The van der Waals surface area contributed by atoms with Gasteiger partial charge in [-0.25, -0.2) is 4.79 Å². The normalized spacial score (nSPS) is 27.3. The molecule has 8 heteroatoms. The van der Waals surface area contributed by atoms with E-state index in [0.717, 1.165) is 55.4 Å². The zero-order chi connectivity index (χ0) is 24.0. The van der Waals surface area contributed by atoms with Gasteiger partial charge in [0.2, 0.25) is 5.91 Å². The lowest BCUT2D eigenvalue weighted by atomic mass is 9.69. The quantitative estimate of drug-likeness (QED) is 0.614. The highest BCUT2D eigenvalue weighted by Gasteiger charge is 2.55. The van der Waals surface area contributed by atoms with Crippen LogP contribution in [0.1, 0.15) is 82.2 Å². The number of rotatable bonds is 5. The third kappa shape index (κ3) is 4.05. The van der Waals surface area contributed by atoms with Crippen LogP contribution in [-0.4, -0.2) is 34.8 Å². The number of nitrogens with zero attached hydrogens (tertiary/aromatic N) is 2. The van der Waals surface area contributed by atoms with Crippen molar-refractivity contribution in [1.29, 1.82) is 5.26 Å². The minimum absolute atomic E-state index is 0.0466. The number of thiophene rings is 1. The molecule has 4 rings (SSSR count). The predicted octanol–water partition coefficient (Wildman–Crippen LogP) is 4.60. The van der Waals surface area contributed by atoms with E-state index in [1.165, 1.54) is 16.2 Å². The molecule has 0 radical (unpaired) electrons. The van der Waals surface area contributed by atoms with Gasteiger partial charge in [0.05, 0.1) is 5.56 Å². The Balaban J connectivity index is 1.48. The molecule has 1 aromatic rings. The summed E-state index contributed by atoms with van der Waals surface area (Å²) in [6, 6.07) is 1.78. The number of fused-ring (bicyclic) bond motifs is 1. The van der Waals surface area contributed by atoms with Crippen LogP contribution in [0.3, 0.4) is 0 Å². The summed E-state index contributed by atoms with van der Waals surface area (Å²) in [7, 11) is 0. The van der Waals surface area contributed by atoms with Gasteiger partial charge in [-0.15, -0.1) is 11.3 Å². The zero-order valence-electron chi connectivity index (χ0n) is 20.0. The van der Waals surface area contributed by atoms with Crippen LogP contribution in [0.25, 0.3) is 0 Å². The zero-order valence-corrected chi connectivity index (χ0v) is 20.9. The molecular formula is C25H34N4O3S. The average molecular weight is 471 g/mol. The summed E-state index contributed by atoms with van der Waals surface area (Å²) in [5.41, 5.74) is 0.932. The van der Waals surface area contributed by atoms with E-state index in [-0.39, 0.29) is 23.8 Å². The van der Waals surface area contributed by atoms with Crippen molar-refractivity contribution < 1.29 is 14.4 Å². The van der Waals surface area contributed by atoms with E-state index >= 15 is 0 Å². The molecule has 2 N–H and O–H groups in total. The summed E-state index contributed by atoms with van der Waals surface area (Å²) < 4.78 is 0. The van der Waals surface area contributed by atoms with Gasteiger partial charge in [0.25, 0.3) is 5.91 Å². The summed E-state index contributed by atoms with van der Waals surface area (Å²) in [6.07, 6.45) is 7.32. The molecule has 0 aromatic carbocycles. The predicted molar refractivity (Wildman–Crippen MR) is 128 cm³/mol. The second-order valence-corrected chi connectivity index (χ2v) is 11.7. The topological polar surface area (TPSA) is 102 Å². The van der Waals surface area contributed by atoms with Crippen molar-refractivity contribution in [1.82, 2.24) is 10.2 Å². The van der Waals surface area contributed by atoms with E-state index in [0.29, 0.717) is 22.9 Å². The van der Waals surface area contributed by atoms with Gasteiger partial charge in [-0.1, -0.05) is 47.0 Å². The summed E-state index contributed by atoms with van der Waals surface area (Å²) in [5.74, 6) is -0.154. The molecule has 2 fully saturated rings. The van der Waals surface area contributed by atoms with Gasteiger partial charge in [-0.2, -0.15) is 5.26 Å². The third-order valence-corrected chi connectivity index (χ3v) is 9.62. The van der Waals surface area contributed by atoms with Crippen LogP contribution in [0.4, 0.5) is 9.80 Å². The molecule has 3 atom stereocenters. The fourth-order valence-electron chi connectivity index (χ4n) is 5.70. The van der Waals surface area contributed by atoms with Crippen molar-refractivity contribution in [3.05, 3.63) is 16.0 Å². The number of nitriles is 1. The fraction of sp³-hybridized carbons (Fsp3) is 0.680. The average Bonchev–Trinajstić information content (AvgIpc) is 3.24. The Hall–Kier alpha value is -2.40. The lowest BCUT2D eigenvalue weighted by molar-refractivity contribution is -0.136. The van der Waals surface area contributed by atoms with Gasteiger partial charge in [-0.3, -0.25) is 14.5 Å². The highest BCUT2D eigenvalue weighted by atomic mass is 32.1. The number of carbonyl (C=O) groups is 3. The van der Waals surface area contributed by atoms with Crippen molar-refractivity contribution in [3.63, 3.8) is 0 Å². The lowest BCUT2D eigenvalue weighted by Crippen LogP contribution is -2.54. The van der Waals surface area contributed by atoms with Gasteiger partial charge >= 0.3 is 6.03 Å². The van der Waals surface area contributed by atoms with Crippen LogP contribution in [0.15, 0.2) is 0 Å². The highest BCUT2D eigenvalue weighted by molar-refractivity contribution is 7.16. The van der Waals surface area contributed by atoms with Crippen molar-refractivity contribution in [2.24, 2.45) is 17.3 Å². The molecule has 1 aliphatic heterocycles. The second-order valence-electron chi connectivity index (χ2n) is 10.6.